The molecule has 21 heavy (non-hydrogen) atoms. The van der Waals surface area contributed by atoms with Crippen LogP contribution in [-0.2, 0) is 9.59 Å². The summed E-state index contributed by atoms with van der Waals surface area (Å²) < 4.78 is 10.4. The molecule has 1 aromatic carbocycles. The maximum Gasteiger partial charge on any atom is 0.240 e. The molecule has 0 aromatic heterocycles. The predicted octanol–water partition coefficient (Wildman–Crippen LogP) is 1.34. The highest BCUT2D eigenvalue weighted by Crippen LogP contribution is 2.32. The fraction of sp³-hybridized carbons (Fsp3) is 0.467. The van der Waals surface area contributed by atoms with Gasteiger partial charge in [0.25, 0.3) is 0 Å². The van der Waals surface area contributed by atoms with Gasteiger partial charge in [0.1, 0.15) is 18.0 Å². The van der Waals surface area contributed by atoms with Gasteiger partial charge in [0.15, 0.2) is 0 Å². The monoisotopic (exact) mass is 292 g/mol. The van der Waals surface area contributed by atoms with Crippen LogP contribution in [0.2, 0.25) is 0 Å². The van der Waals surface area contributed by atoms with E-state index < -0.39 is 0 Å². The van der Waals surface area contributed by atoms with Gasteiger partial charge in [-0.1, -0.05) is 0 Å². The van der Waals surface area contributed by atoms with Crippen LogP contribution >= 0.6 is 0 Å². The highest BCUT2D eigenvalue weighted by Gasteiger charge is 2.26. The molecule has 0 heterocycles. The number of ether oxygens (including phenoxy) is 2. The molecule has 0 bridgehead atoms. The van der Waals surface area contributed by atoms with Crippen molar-refractivity contribution in [3.05, 3.63) is 18.2 Å². The summed E-state index contributed by atoms with van der Waals surface area (Å²) in [7, 11) is 3.07. The van der Waals surface area contributed by atoms with Gasteiger partial charge < -0.3 is 14.8 Å². The topological polar surface area (TPSA) is 67.9 Å². The molecule has 114 valence electrons. The highest BCUT2D eigenvalue weighted by atomic mass is 16.5. The Kier molecular flexibility index (Phi) is 4.67. The summed E-state index contributed by atoms with van der Waals surface area (Å²) in [5, 5.41) is 2.87. The number of hydrogen-bond donors (Lipinski definition) is 1. The summed E-state index contributed by atoms with van der Waals surface area (Å²) in [5.41, 5.74) is 0.553. The third-order valence-corrected chi connectivity index (χ3v) is 3.30. The molecular formula is C15H20N2O4. The zero-order chi connectivity index (χ0) is 15.4. The number of amides is 2. The summed E-state index contributed by atoms with van der Waals surface area (Å²) in [6, 6.07) is 5.39. The van der Waals surface area contributed by atoms with E-state index in [4.69, 9.17) is 9.47 Å². The van der Waals surface area contributed by atoms with Crippen LogP contribution in [0.4, 0.5) is 5.69 Å². The van der Waals surface area contributed by atoms with E-state index in [0.717, 1.165) is 12.8 Å². The normalized spacial score (nSPS) is 13.5. The number of methoxy groups -OCH3 is 2. The van der Waals surface area contributed by atoms with Crippen LogP contribution in [-0.4, -0.2) is 38.6 Å². The maximum absolute atomic E-state index is 11.9. The molecule has 2 rings (SSSR count). The predicted molar refractivity (Wildman–Crippen MR) is 78.7 cm³/mol. The second kappa shape index (κ2) is 6.47. The Morgan fingerprint density at radius 3 is 2.52 bits per heavy atom. The lowest BCUT2D eigenvalue weighted by atomic mass is 10.2. The van der Waals surface area contributed by atoms with Crippen molar-refractivity contribution in [2.75, 3.05) is 25.7 Å². The van der Waals surface area contributed by atoms with Crippen molar-refractivity contribution in [1.29, 1.82) is 0 Å². The van der Waals surface area contributed by atoms with Crippen molar-refractivity contribution < 1.29 is 19.1 Å². The van der Waals surface area contributed by atoms with Crippen LogP contribution in [0.1, 0.15) is 19.8 Å². The number of rotatable bonds is 6. The van der Waals surface area contributed by atoms with E-state index in [1.54, 1.807) is 25.3 Å². The Bertz CT molecular complexity index is 540. The van der Waals surface area contributed by atoms with Crippen LogP contribution in [0.15, 0.2) is 18.2 Å². The number of carbonyl (C=O) groups is 2. The molecule has 0 aliphatic heterocycles. The van der Waals surface area contributed by atoms with Gasteiger partial charge in [-0.05, 0) is 25.0 Å². The molecule has 1 aliphatic carbocycles. The van der Waals surface area contributed by atoms with Crippen LogP contribution in [0.25, 0.3) is 0 Å². The summed E-state index contributed by atoms with van der Waals surface area (Å²) in [4.78, 5) is 25.2. The minimum Gasteiger partial charge on any atom is -0.497 e. The quantitative estimate of drug-likeness (QED) is 0.859. The van der Waals surface area contributed by atoms with Crippen molar-refractivity contribution in [3.8, 4) is 11.5 Å². The second-order valence-electron chi connectivity index (χ2n) is 4.98. The van der Waals surface area contributed by atoms with E-state index >= 15 is 0 Å². The Hall–Kier alpha value is -2.24. The van der Waals surface area contributed by atoms with Crippen molar-refractivity contribution >= 4 is 17.5 Å². The van der Waals surface area contributed by atoms with Crippen LogP contribution in [0.5, 0.6) is 11.5 Å². The fourth-order valence-corrected chi connectivity index (χ4v) is 2.02. The van der Waals surface area contributed by atoms with E-state index in [1.807, 2.05) is 0 Å². The third-order valence-electron chi connectivity index (χ3n) is 3.30. The lowest BCUT2D eigenvalue weighted by Crippen LogP contribution is -2.40. The molecule has 0 atom stereocenters. The Balaban J connectivity index is 2.20. The van der Waals surface area contributed by atoms with Crippen LogP contribution in [0.3, 0.4) is 0 Å². The first-order valence-corrected chi connectivity index (χ1v) is 6.84. The highest BCUT2D eigenvalue weighted by molar-refractivity contribution is 5.98. The smallest absolute Gasteiger partial charge is 0.240 e. The molecule has 0 radical (unpaired) electrons. The molecule has 1 saturated carbocycles. The Morgan fingerprint density at radius 2 is 2.00 bits per heavy atom. The molecule has 1 fully saturated rings. The van der Waals surface area contributed by atoms with E-state index in [2.05, 4.69) is 5.32 Å². The van der Waals surface area contributed by atoms with Gasteiger partial charge in [-0.3, -0.25) is 14.5 Å². The summed E-state index contributed by atoms with van der Waals surface area (Å²) in [6.07, 6.45) is 2.02. The van der Waals surface area contributed by atoms with Gasteiger partial charge in [-0.2, -0.15) is 0 Å². The number of nitrogens with one attached hydrogen (secondary N) is 1. The summed E-state index contributed by atoms with van der Waals surface area (Å²) in [5.74, 6) is 0.736. The minimum absolute atomic E-state index is 0.0193. The number of carbonyl (C=O) groups excluding carboxylic acids is 2. The van der Waals surface area contributed by atoms with Gasteiger partial charge in [-0.25, -0.2) is 0 Å². The molecule has 2 amide bonds. The standard InChI is InChI=1S/C15H20N2O4/c1-10(18)17(9-15(19)16-11-4-5-11)13-7-6-12(20-2)8-14(13)21-3/h6-8,11H,4-5,9H2,1-3H3,(H,16,19). The SMILES string of the molecule is COc1ccc(N(CC(=O)NC2CC2)C(C)=O)c(OC)c1. The van der Waals surface area contributed by atoms with E-state index in [-0.39, 0.29) is 24.4 Å². The number of benzene rings is 1. The lowest BCUT2D eigenvalue weighted by molar-refractivity contribution is -0.123. The molecule has 0 saturated heterocycles. The average molecular weight is 292 g/mol. The molecule has 1 aliphatic rings. The first kappa shape index (κ1) is 15.2. The molecule has 0 unspecified atom stereocenters. The first-order valence-electron chi connectivity index (χ1n) is 6.84. The summed E-state index contributed by atoms with van der Waals surface area (Å²) >= 11 is 0. The van der Waals surface area contributed by atoms with Gasteiger partial charge in [0, 0.05) is 19.0 Å². The van der Waals surface area contributed by atoms with Crippen LogP contribution in [0, 0.1) is 0 Å². The zero-order valence-corrected chi connectivity index (χ0v) is 12.5. The van der Waals surface area contributed by atoms with E-state index in [1.165, 1.54) is 18.9 Å². The number of nitrogens with zero attached hydrogens (tertiary/aromatic N) is 1. The largest absolute Gasteiger partial charge is 0.497 e. The van der Waals surface area contributed by atoms with Crippen molar-refractivity contribution in [2.24, 2.45) is 0 Å². The lowest BCUT2D eigenvalue weighted by Gasteiger charge is -2.23. The van der Waals surface area contributed by atoms with E-state index in [9.17, 15) is 9.59 Å². The summed E-state index contributed by atoms with van der Waals surface area (Å²) in [6.45, 7) is 1.41. The molecular weight excluding hydrogens is 272 g/mol. The fourth-order valence-electron chi connectivity index (χ4n) is 2.02. The Labute approximate surface area is 124 Å². The molecule has 0 spiro atoms. The van der Waals surface area contributed by atoms with Gasteiger partial charge in [0.05, 0.1) is 19.9 Å². The second-order valence-corrected chi connectivity index (χ2v) is 4.98. The third kappa shape index (κ3) is 3.87. The van der Waals surface area contributed by atoms with Crippen molar-refractivity contribution in [3.63, 3.8) is 0 Å². The molecule has 6 heteroatoms. The first-order chi connectivity index (χ1) is 10.0. The molecule has 1 aromatic rings. The Morgan fingerprint density at radius 1 is 1.29 bits per heavy atom. The maximum atomic E-state index is 11.9. The molecule has 1 N–H and O–H groups in total. The van der Waals surface area contributed by atoms with E-state index in [0.29, 0.717) is 17.2 Å². The van der Waals surface area contributed by atoms with Crippen molar-refractivity contribution in [1.82, 2.24) is 5.32 Å². The minimum atomic E-state index is -0.218. The molecule has 6 nitrogen and oxygen atoms in total. The van der Waals surface area contributed by atoms with Crippen LogP contribution < -0.4 is 19.7 Å². The van der Waals surface area contributed by atoms with Gasteiger partial charge >= 0.3 is 0 Å². The van der Waals surface area contributed by atoms with Crippen molar-refractivity contribution in [2.45, 2.75) is 25.8 Å². The van der Waals surface area contributed by atoms with Gasteiger partial charge in [-0.15, -0.1) is 0 Å². The van der Waals surface area contributed by atoms with Gasteiger partial charge in [0.2, 0.25) is 11.8 Å². The number of hydrogen-bond acceptors (Lipinski definition) is 4. The zero-order valence-electron chi connectivity index (χ0n) is 12.5. The number of anilines is 1. The average Bonchev–Trinajstić information content (AvgIpc) is 3.27.